The van der Waals surface area contributed by atoms with Gasteiger partial charge in [0.25, 0.3) is 0 Å². The molecule has 0 saturated heterocycles. The maximum Gasteiger partial charge on any atom is 0.153 e. The number of aldehydes is 1. The Morgan fingerprint density at radius 1 is 1.75 bits per heavy atom. The molecule has 0 N–H and O–H groups in total. The van der Waals surface area contributed by atoms with E-state index < -0.39 is 0 Å². The van der Waals surface area contributed by atoms with Gasteiger partial charge >= 0.3 is 0 Å². The number of hydrogen-bond donors (Lipinski definition) is 0. The third-order valence-corrected chi connectivity index (χ3v) is 2.22. The second-order valence-electron chi connectivity index (χ2n) is 2.50. The van der Waals surface area contributed by atoms with Crippen molar-refractivity contribution in [2.45, 2.75) is 13.0 Å². The van der Waals surface area contributed by atoms with Crippen LogP contribution in [0.3, 0.4) is 0 Å². The van der Waals surface area contributed by atoms with Crippen LogP contribution in [0.25, 0.3) is 0 Å². The van der Waals surface area contributed by atoms with Crippen LogP contribution in [0, 0.1) is 0 Å². The monoisotopic (exact) mass is 184 g/mol. The lowest BCUT2D eigenvalue weighted by molar-refractivity contribution is 0.112. The molecule has 0 aromatic carbocycles. The first kappa shape index (κ1) is 9.32. The van der Waals surface area contributed by atoms with Crippen molar-refractivity contribution in [2.24, 2.45) is 0 Å². The number of nitrogens with zero attached hydrogens (tertiary/aromatic N) is 2. The van der Waals surface area contributed by atoms with E-state index in [1.54, 1.807) is 17.1 Å². The van der Waals surface area contributed by atoms with Gasteiger partial charge in [0.2, 0.25) is 0 Å². The van der Waals surface area contributed by atoms with Gasteiger partial charge in [0, 0.05) is 12.7 Å². The Kier molecular flexibility index (Phi) is 3.87. The molecular weight excluding hydrogens is 172 g/mol. The molecule has 0 fully saturated rings. The summed E-state index contributed by atoms with van der Waals surface area (Å²) in [5.41, 5.74) is 0.652. The van der Waals surface area contributed by atoms with Crippen molar-refractivity contribution in [3.05, 3.63) is 18.0 Å². The lowest BCUT2D eigenvalue weighted by Gasteiger charge is -1.98. The fourth-order valence-corrected chi connectivity index (χ4v) is 1.35. The summed E-state index contributed by atoms with van der Waals surface area (Å²) in [6.45, 7) is 0.898. The molecule has 0 bridgehead atoms. The number of carbonyl (C=O) groups is 1. The minimum absolute atomic E-state index is 0.652. The number of aryl methyl sites for hydroxylation is 1. The summed E-state index contributed by atoms with van der Waals surface area (Å²) in [7, 11) is 0. The van der Waals surface area contributed by atoms with E-state index >= 15 is 0 Å². The van der Waals surface area contributed by atoms with Gasteiger partial charge in [-0.2, -0.15) is 16.9 Å². The summed E-state index contributed by atoms with van der Waals surface area (Å²) < 4.78 is 1.81. The summed E-state index contributed by atoms with van der Waals surface area (Å²) in [4.78, 5) is 10.3. The maximum absolute atomic E-state index is 10.3. The topological polar surface area (TPSA) is 34.9 Å². The minimum Gasteiger partial charge on any atom is -0.298 e. The molecule has 1 aromatic heterocycles. The van der Waals surface area contributed by atoms with Crippen LogP contribution in [0.15, 0.2) is 12.4 Å². The van der Waals surface area contributed by atoms with Crippen molar-refractivity contribution >= 4 is 18.0 Å². The highest BCUT2D eigenvalue weighted by molar-refractivity contribution is 7.98. The lowest BCUT2D eigenvalue weighted by Crippen LogP contribution is -1.98. The number of hydrogen-bond acceptors (Lipinski definition) is 3. The van der Waals surface area contributed by atoms with Gasteiger partial charge < -0.3 is 0 Å². The zero-order valence-electron chi connectivity index (χ0n) is 7.06. The second kappa shape index (κ2) is 4.98. The molecule has 0 aliphatic heterocycles. The van der Waals surface area contributed by atoms with Gasteiger partial charge in [0.15, 0.2) is 6.29 Å². The summed E-state index contributed by atoms with van der Waals surface area (Å²) in [6.07, 6.45) is 7.36. The Morgan fingerprint density at radius 3 is 3.17 bits per heavy atom. The van der Waals surface area contributed by atoms with Crippen LogP contribution in [0.4, 0.5) is 0 Å². The van der Waals surface area contributed by atoms with E-state index in [-0.39, 0.29) is 0 Å². The van der Waals surface area contributed by atoms with Crippen molar-refractivity contribution < 1.29 is 4.79 Å². The molecule has 12 heavy (non-hydrogen) atoms. The van der Waals surface area contributed by atoms with E-state index in [2.05, 4.69) is 11.4 Å². The van der Waals surface area contributed by atoms with Crippen LogP contribution in [-0.4, -0.2) is 28.1 Å². The molecule has 0 saturated carbocycles. The molecule has 1 aromatic rings. The van der Waals surface area contributed by atoms with Crippen LogP contribution in [-0.2, 0) is 6.54 Å². The largest absolute Gasteiger partial charge is 0.298 e. The Morgan fingerprint density at radius 2 is 2.58 bits per heavy atom. The van der Waals surface area contributed by atoms with Crippen LogP contribution in [0.1, 0.15) is 16.8 Å². The van der Waals surface area contributed by atoms with E-state index in [4.69, 9.17) is 0 Å². The number of rotatable bonds is 5. The molecule has 0 atom stereocenters. The van der Waals surface area contributed by atoms with Gasteiger partial charge in [0.1, 0.15) is 0 Å². The Bertz CT molecular complexity index is 247. The van der Waals surface area contributed by atoms with Crippen LogP contribution >= 0.6 is 11.8 Å². The van der Waals surface area contributed by atoms with E-state index in [1.807, 2.05) is 11.8 Å². The highest BCUT2D eigenvalue weighted by Crippen LogP contribution is 1.99. The Labute approximate surface area is 76.1 Å². The third kappa shape index (κ3) is 2.70. The molecule has 0 amide bonds. The quantitative estimate of drug-likeness (QED) is 0.513. The van der Waals surface area contributed by atoms with Gasteiger partial charge in [-0.25, -0.2) is 0 Å². The minimum atomic E-state index is 0.652. The van der Waals surface area contributed by atoms with Crippen LogP contribution in [0.5, 0.6) is 0 Å². The van der Waals surface area contributed by atoms with Gasteiger partial charge in [-0.1, -0.05) is 0 Å². The van der Waals surface area contributed by atoms with E-state index in [9.17, 15) is 4.79 Å². The molecule has 0 unspecified atom stereocenters. The van der Waals surface area contributed by atoms with Crippen molar-refractivity contribution in [3.63, 3.8) is 0 Å². The highest BCUT2D eigenvalue weighted by atomic mass is 32.2. The lowest BCUT2D eigenvalue weighted by atomic mass is 10.4. The fourth-order valence-electron chi connectivity index (χ4n) is 0.934. The third-order valence-electron chi connectivity index (χ3n) is 1.52. The van der Waals surface area contributed by atoms with Gasteiger partial charge in [-0.3, -0.25) is 9.48 Å². The maximum atomic E-state index is 10.3. The number of carbonyl (C=O) groups excluding carboxylic acids is 1. The van der Waals surface area contributed by atoms with E-state index in [0.29, 0.717) is 5.56 Å². The van der Waals surface area contributed by atoms with Gasteiger partial charge in [0.05, 0.1) is 11.8 Å². The molecular formula is C8H12N2OS. The summed E-state index contributed by atoms with van der Waals surface area (Å²) in [5, 5.41) is 4.03. The first-order valence-electron chi connectivity index (χ1n) is 3.83. The number of aromatic nitrogens is 2. The zero-order chi connectivity index (χ0) is 8.81. The molecule has 1 rings (SSSR count). The van der Waals surface area contributed by atoms with Crippen molar-refractivity contribution in [1.29, 1.82) is 0 Å². The molecule has 0 aliphatic rings. The first-order valence-corrected chi connectivity index (χ1v) is 5.23. The summed E-state index contributed by atoms with van der Waals surface area (Å²) >= 11 is 1.82. The molecule has 4 heteroatoms. The van der Waals surface area contributed by atoms with Crippen molar-refractivity contribution in [2.75, 3.05) is 12.0 Å². The average Bonchev–Trinajstić information content (AvgIpc) is 2.53. The predicted molar refractivity (Wildman–Crippen MR) is 50.6 cm³/mol. The number of thioether (sulfide) groups is 1. The van der Waals surface area contributed by atoms with Gasteiger partial charge in [-0.15, -0.1) is 0 Å². The second-order valence-corrected chi connectivity index (χ2v) is 3.49. The van der Waals surface area contributed by atoms with Crippen LogP contribution in [0.2, 0.25) is 0 Å². The normalized spacial score (nSPS) is 10.1. The summed E-state index contributed by atoms with van der Waals surface area (Å²) in [6, 6.07) is 0. The molecule has 3 nitrogen and oxygen atoms in total. The zero-order valence-corrected chi connectivity index (χ0v) is 7.88. The smallest absolute Gasteiger partial charge is 0.153 e. The fraction of sp³-hybridized carbons (Fsp3) is 0.500. The predicted octanol–water partition coefficient (Wildman–Crippen LogP) is 1.45. The molecule has 1 heterocycles. The van der Waals surface area contributed by atoms with Crippen LogP contribution < -0.4 is 0 Å². The average molecular weight is 184 g/mol. The van der Waals surface area contributed by atoms with Crippen molar-refractivity contribution in [3.8, 4) is 0 Å². The molecule has 0 aliphatic carbocycles. The van der Waals surface area contributed by atoms with Gasteiger partial charge in [-0.05, 0) is 18.4 Å². The SMILES string of the molecule is CSCCCn1cc(C=O)cn1. The highest BCUT2D eigenvalue weighted by Gasteiger charge is 1.95. The summed E-state index contributed by atoms with van der Waals surface area (Å²) in [5.74, 6) is 1.14. The molecule has 66 valence electrons. The van der Waals surface area contributed by atoms with E-state index in [0.717, 1.165) is 25.0 Å². The van der Waals surface area contributed by atoms with Crippen molar-refractivity contribution in [1.82, 2.24) is 9.78 Å². The Balaban J connectivity index is 2.36. The molecule has 0 radical (unpaired) electrons. The molecule has 0 spiro atoms. The standard InChI is InChI=1S/C8H12N2OS/c1-12-4-2-3-10-6-8(7-11)5-9-10/h5-7H,2-4H2,1H3. The van der Waals surface area contributed by atoms with E-state index in [1.165, 1.54) is 0 Å². The first-order chi connectivity index (χ1) is 5.86. The Hall–Kier alpha value is -0.770.